The molecule has 0 fully saturated rings. The number of aromatic nitrogens is 5. The molecule has 3 aromatic rings. The largest absolute Gasteiger partial charge is 0.365 e. The fourth-order valence-corrected chi connectivity index (χ4v) is 1.39. The zero-order chi connectivity index (χ0) is 12.1. The van der Waals surface area contributed by atoms with Crippen LogP contribution in [0.25, 0.3) is 11.2 Å². The van der Waals surface area contributed by atoms with Gasteiger partial charge in [0.1, 0.15) is 11.8 Å². The third-order valence-corrected chi connectivity index (χ3v) is 2.34. The van der Waals surface area contributed by atoms with E-state index in [1.54, 1.807) is 12.5 Å². The minimum Gasteiger partial charge on any atom is -0.365 e. The number of nitrogens with zero attached hydrogens (tertiary/aromatic N) is 3. The molecule has 5 heteroatoms. The van der Waals surface area contributed by atoms with Crippen molar-refractivity contribution in [3.05, 3.63) is 42.9 Å². The Kier molecular flexibility index (Phi) is 3.49. The second-order valence-corrected chi connectivity index (χ2v) is 3.94. The lowest BCUT2D eigenvalue weighted by molar-refractivity contribution is 0.833. The first kappa shape index (κ1) is 11.3. The maximum atomic E-state index is 3.91. The van der Waals surface area contributed by atoms with Crippen LogP contribution in [-0.2, 0) is 0 Å². The quantitative estimate of drug-likeness (QED) is 0.673. The lowest BCUT2D eigenvalue weighted by Gasteiger charge is -1.97. The summed E-state index contributed by atoms with van der Waals surface area (Å²) in [7, 11) is 0. The number of fused-ring (bicyclic) bond motifs is 1. The second-order valence-electron chi connectivity index (χ2n) is 3.94. The van der Waals surface area contributed by atoms with Crippen molar-refractivity contribution in [3.8, 4) is 0 Å². The van der Waals surface area contributed by atoms with Crippen molar-refractivity contribution in [2.24, 2.45) is 0 Å². The summed E-state index contributed by atoms with van der Waals surface area (Å²) in [6.45, 7) is 4.34. The number of H-pyrrole nitrogens is 2. The molecule has 0 radical (unpaired) electrons. The van der Waals surface area contributed by atoms with Crippen molar-refractivity contribution in [2.45, 2.75) is 19.8 Å². The molecule has 0 aromatic carbocycles. The number of nitrogens with one attached hydrogen (secondary N) is 2. The highest BCUT2D eigenvalue weighted by atomic mass is 15.0. The van der Waals surface area contributed by atoms with Gasteiger partial charge in [-0.05, 0) is 18.1 Å². The molecule has 3 aromatic heterocycles. The lowest BCUT2D eigenvalue weighted by atomic mass is 10.1. The fourth-order valence-electron chi connectivity index (χ4n) is 1.39. The Hall–Kier alpha value is -2.17. The molecule has 2 N–H and O–H groups in total. The van der Waals surface area contributed by atoms with Crippen LogP contribution in [0.4, 0.5) is 0 Å². The molecule has 0 saturated heterocycles. The third kappa shape index (κ3) is 2.90. The van der Waals surface area contributed by atoms with Gasteiger partial charge < -0.3 is 9.97 Å². The van der Waals surface area contributed by atoms with Crippen LogP contribution in [0.5, 0.6) is 0 Å². The van der Waals surface area contributed by atoms with Gasteiger partial charge in [0.05, 0.1) is 12.5 Å². The predicted octanol–water partition coefficient (Wildman–Crippen LogP) is 2.49. The molecule has 0 saturated carbocycles. The fraction of sp³-hybridized carbons (Fsp3) is 0.250. The maximum Gasteiger partial charge on any atom is 0.180 e. The topological polar surface area (TPSA) is 70.2 Å². The van der Waals surface area contributed by atoms with E-state index in [9.17, 15) is 0 Å². The molecule has 0 aliphatic rings. The molecule has 3 heterocycles. The number of rotatable bonds is 1. The van der Waals surface area contributed by atoms with E-state index in [0.717, 1.165) is 5.52 Å². The second kappa shape index (κ2) is 5.25. The summed E-state index contributed by atoms with van der Waals surface area (Å²) in [4.78, 5) is 17.6. The number of imidazole rings is 1. The summed E-state index contributed by atoms with van der Waals surface area (Å²) in [5.41, 5.74) is 2.90. The predicted molar refractivity (Wildman–Crippen MR) is 66.6 cm³/mol. The van der Waals surface area contributed by atoms with Gasteiger partial charge in [0, 0.05) is 11.9 Å². The molecule has 88 valence electrons. The van der Waals surface area contributed by atoms with Gasteiger partial charge in [-0.15, -0.1) is 0 Å². The summed E-state index contributed by atoms with van der Waals surface area (Å²) in [6, 6.07) is 4.12. The van der Waals surface area contributed by atoms with Crippen LogP contribution >= 0.6 is 0 Å². The minimum atomic E-state index is 0.630. The zero-order valence-electron chi connectivity index (χ0n) is 9.88. The van der Waals surface area contributed by atoms with Crippen molar-refractivity contribution < 1.29 is 0 Å². The zero-order valence-corrected chi connectivity index (χ0v) is 9.88. The summed E-state index contributed by atoms with van der Waals surface area (Å²) < 4.78 is 0. The average Bonchev–Trinajstić information content (AvgIpc) is 3.01. The molecule has 0 aliphatic heterocycles. The summed E-state index contributed by atoms with van der Waals surface area (Å²) in [5.74, 6) is 0.630. The van der Waals surface area contributed by atoms with E-state index in [-0.39, 0.29) is 0 Å². The van der Waals surface area contributed by atoms with Gasteiger partial charge in [0.25, 0.3) is 0 Å². The first-order valence-electron chi connectivity index (χ1n) is 5.49. The van der Waals surface area contributed by atoms with Gasteiger partial charge in [0.15, 0.2) is 5.65 Å². The average molecular weight is 229 g/mol. The van der Waals surface area contributed by atoms with Gasteiger partial charge in [-0.25, -0.2) is 15.0 Å². The highest BCUT2D eigenvalue weighted by Gasteiger charge is 1.94. The molecule has 0 unspecified atom stereocenters. The van der Waals surface area contributed by atoms with Gasteiger partial charge in [0.2, 0.25) is 0 Å². The van der Waals surface area contributed by atoms with E-state index in [0.29, 0.717) is 11.6 Å². The van der Waals surface area contributed by atoms with Gasteiger partial charge in [-0.2, -0.15) is 0 Å². The number of aromatic amines is 2. The van der Waals surface area contributed by atoms with E-state index < -0.39 is 0 Å². The van der Waals surface area contributed by atoms with Crippen LogP contribution in [-0.4, -0.2) is 24.9 Å². The summed E-state index contributed by atoms with van der Waals surface area (Å²) in [6.07, 6.45) is 6.72. The van der Waals surface area contributed by atoms with Crippen molar-refractivity contribution in [1.29, 1.82) is 0 Å². The Balaban J connectivity index is 0.000000128. The number of hydrogen-bond donors (Lipinski definition) is 2. The Bertz CT molecular complexity index is 523. The van der Waals surface area contributed by atoms with Gasteiger partial charge in [-0.3, -0.25) is 0 Å². The first-order valence-corrected chi connectivity index (χ1v) is 5.49. The van der Waals surface area contributed by atoms with E-state index in [1.165, 1.54) is 12.0 Å². The first-order chi connectivity index (χ1) is 8.27. The molecule has 0 bridgehead atoms. The van der Waals surface area contributed by atoms with Crippen LogP contribution in [0.15, 0.2) is 37.2 Å². The van der Waals surface area contributed by atoms with Crippen molar-refractivity contribution in [2.75, 3.05) is 0 Å². The Morgan fingerprint density at radius 3 is 2.65 bits per heavy atom. The highest BCUT2D eigenvalue weighted by Crippen LogP contribution is 2.09. The van der Waals surface area contributed by atoms with E-state index in [1.807, 2.05) is 12.3 Å². The normalized spacial score (nSPS) is 10.3. The van der Waals surface area contributed by atoms with E-state index in [2.05, 4.69) is 44.8 Å². The standard InChI is InChI=1S/C7H11N.C5H4N4/c1-6(2)7-4-3-5-8-7;1-4-5(8-2-6-1)9-3-7-4/h3-6,8H,1-2H3;1-3H,(H,6,7,8,9). The van der Waals surface area contributed by atoms with Crippen LogP contribution < -0.4 is 0 Å². The van der Waals surface area contributed by atoms with Crippen LogP contribution in [0.3, 0.4) is 0 Å². The summed E-state index contributed by atoms with van der Waals surface area (Å²) >= 11 is 0. The Morgan fingerprint density at radius 2 is 2.06 bits per heavy atom. The van der Waals surface area contributed by atoms with Crippen molar-refractivity contribution in [3.63, 3.8) is 0 Å². The molecular weight excluding hydrogens is 214 g/mol. The lowest BCUT2D eigenvalue weighted by Crippen LogP contribution is -1.83. The van der Waals surface area contributed by atoms with Gasteiger partial charge in [-0.1, -0.05) is 13.8 Å². The van der Waals surface area contributed by atoms with E-state index >= 15 is 0 Å². The summed E-state index contributed by atoms with van der Waals surface area (Å²) in [5, 5.41) is 0. The molecule has 5 nitrogen and oxygen atoms in total. The van der Waals surface area contributed by atoms with E-state index in [4.69, 9.17) is 0 Å². The molecular formula is C12H15N5. The smallest absolute Gasteiger partial charge is 0.180 e. The minimum absolute atomic E-state index is 0.630. The Labute approximate surface area is 99.3 Å². The highest BCUT2D eigenvalue weighted by molar-refractivity contribution is 5.67. The van der Waals surface area contributed by atoms with Crippen molar-refractivity contribution >= 4 is 11.2 Å². The van der Waals surface area contributed by atoms with Gasteiger partial charge >= 0.3 is 0 Å². The third-order valence-electron chi connectivity index (χ3n) is 2.34. The Morgan fingerprint density at radius 1 is 1.18 bits per heavy atom. The molecule has 0 amide bonds. The number of hydrogen-bond acceptors (Lipinski definition) is 3. The van der Waals surface area contributed by atoms with Crippen molar-refractivity contribution in [1.82, 2.24) is 24.9 Å². The molecule has 0 aliphatic carbocycles. The molecule has 17 heavy (non-hydrogen) atoms. The monoisotopic (exact) mass is 229 g/mol. The van der Waals surface area contributed by atoms with Crippen LogP contribution in [0, 0.1) is 0 Å². The molecule has 0 spiro atoms. The van der Waals surface area contributed by atoms with Crippen LogP contribution in [0.1, 0.15) is 25.5 Å². The molecule has 3 rings (SSSR count). The maximum absolute atomic E-state index is 3.91. The van der Waals surface area contributed by atoms with Crippen LogP contribution in [0.2, 0.25) is 0 Å². The SMILES string of the molecule is CC(C)c1ccc[nH]1.c1ncc2[nH]cnc2n1. The molecule has 0 atom stereocenters.